The molecule has 178 valence electrons. The number of sulfonamides is 1. The molecule has 0 saturated heterocycles. The number of rotatable bonds is 3. The summed E-state index contributed by atoms with van der Waals surface area (Å²) >= 11 is 0. The van der Waals surface area contributed by atoms with E-state index >= 15 is 0 Å². The van der Waals surface area contributed by atoms with Crippen molar-refractivity contribution in [3.8, 4) is 0 Å². The molecule has 2 aliphatic rings. The monoisotopic (exact) mass is 479 g/mol. The summed E-state index contributed by atoms with van der Waals surface area (Å²) in [5.41, 5.74) is 17.8. The number of hydrogen-bond acceptors (Lipinski definition) is 7. The first-order chi connectivity index (χ1) is 16.2. The van der Waals surface area contributed by atoms with Gasteiger partial charge in [0.15, 0.2) is 11.8 Å². The molecule has 0 spiro atoms. The largest absolute Gasteiger partial charge is 0.369 e. The van der Waals surface area contributed by atoms with Gasteiger partial charge in [-0.2, -0.15) is 10.1 Å². The Morgan fingerprint density at radius 3 is 2.56 bits per heavy atom. The predicted molar refractivity (Wildman–Crippen MR) is 132 cm³/mol. The first-order valence-electron chi connectivity index (χ1n) is 11.3. The second-order valence-corrected chi connectivity index (χ2v) is 10.9. The zero-order chi connectivity index (χ0) is 24.2. The average molecular weight is 480 g/mol. The second kappa shape index (κ2) is 8.14. The summed E-state index contributed by atoms with van der Waals surface area (Å²) < 4.78 is 29.6. The summed E-state index contributed by atoms with van der Waals surface area (Å²) in [6, 6.07) is 11.3. The highest BCUT2D eigenvalue weighted by atomic mass is 32.2. The van der Waals surface area contributed by atoms with E-state index in [1.807, 2.05) is 62.1 Å². The van der Waals surface area contributed by atoms with Gasteiger partial charge in [-0.15, -0.1) is 0 Å². The molecular formula is C24H29N7O2S. The molecule has 34 heavy (non-hydrogen) atoms. The average Bonchev–Trinajstić information content (AvgIpc) is 3.13. The summed E-state index contributed by atoms with van der Waals surface area (Å²) in [7, 11) is -3.79. The van der Waals surface area contributed by atoms with Gasteiger partial charge in [-0.1, -0.05) is 35.9 Å². The standard InChI is InChI=1S/C24H29N7O2S/c1-14-10-15(2)21(16(3)11-14)34(32,33)30-9-8-18(12-17-6-4-5-7-20(17)30)31-22(25)19-13-27-29-23(19)28-24(31)26/h4-7,10-11,13,18,22H,8-9,12,25H2,1-3H3,(H3,26,27,28,29). The quantitative estimate of drug-likeness (QED) is 0.529. The van der Waals surface area contributed by atoms with Gasteiger partial charge in [-0.3, -0.25) is 9.40 Å². The molecule has 5 N–H and O–H groups in total. The third-order valence-electron chi connectivity index (χ3n) is 6.68. The third kappa shape index (κ3) is 3.54. The van der Waals surface area contributed by atoms with Crippen LogP contribution in [0.25, 0.3) is 0 Å². The number of fused-ring (bicyclic) bond motifs is 2. The van der Waals surface area contributed by atoms with E-state index in [1.54, 1.807) is 10.5 Å². The van der Waals surface area contributed by atoms with Gasteiger partial charge in [0.25, 0.3) is 10.0 Å². The van der Waals surface area contributed by atoms with Crippen LogP contribution in [-0.4, -0.2) is 42.1 Å². The number of para-hydroxylation sites is 1. The molecule has 3 aromatic rings. The Hall–Kier alpha value is -3.37. The zero-order valence-corrected chi connectivity index (χ0v) is 20.3. The molecule has 0 bridgehead atoms. The number of nitrogens with two attached hydrogens (primary N) is 2. The molecule has 9 nitrogen and oxygen atoms in total. The van der Waals surface area contributed by atoms with Gasteiger partial charge in [0.1, 0.15) is 6.17 Å². The third-order valence-corrected chi connectivity index (χ3v) is 8.80. The van der Waals surface area contributed by atoms with Crippen LogP contribution in [0.5, 0.6) is 0 Å². The zero-order valence-electron chi connectivity index (χ0n) is 19.5. The van der Waals surface area contributed by atoms with E-state index < -0.39 is 16.2 Å². The number of aromatic nitrogens is 2. The van der Waals surface area contributed by atoms with Crippen molar-refractivity contribution >= 4 is 27.5 Å². The number of benzene rings is 2. The van der Waals surface area contributed by atoms with E-state index in [4.69, 9.17) is 11.5 Å². The Balaban J connectivity index is 1.56. The molecule has 0 amide bonds. The first-order valence-corrected chi connectivity index (χ1v) is 12.7. The molecule has 0 saturated carbocycles. The van der Waals surface area contributed by atoms with Crippen molar-refractivity contribution in [2.45, 2.75) is 50.7 Å². The summed E-state index contributed by atoms with van der Waals surface area (Å²) in [5.74, 6) is 0.859. The normalized spacial score (nSPS) is 20.4. The van der Waals surface area contributed by atoms with Crippen molar-refractivity contribution in [3.05, 3.63) is 70.4 Å². The van der Waals surface area contributed by atoms with E-state index in [-0.39, 0.29) is 6.04 Å². The lowest BCUT2D eigenvalue weighted by molar-refractivity contribution is 0.226. The fraction of sp³-hybridized carbons (Fsp3) is 0.333. The number of aromatic amines is 1. The van der Waals surface area contributed by atoms with E-state index in [2.05, 4.69) is 15.2 Å². The van der Waals surface area contributed by atoms with Crippen molar-refractivity contribution in [1.29, 1.82) is 0 Å². The minimum Gasteiger partial charge on any atom is -0.369 e. The van der Waals surface area contributed by atoms with Crippen LogP contribution in [0, 0.1) is 20.8 Å². The highest BCUT2D eigenvalue weighted by Crippen LogP contribution is 2.37. The van der Waals surface area contributed by atoms with E-state index in [0.29, 0.717) is 41.7 Å². The van der Waals surface area contributed by atoms with E-state index in [0.717, 1.165) is 27.8 Å². The number of guanidine groups is 1. The van der Waals surface area contributed by atoms with Gasteiger partial charge >= 0.3 is 0 Å². The highest BCUT2D eigenvalue weighted by molar-refractivity contribution is 7.93. The van der Waals surface area contributed by atoms with Crippen molar-refractivity contribution in [3.63, 3.8) is 0 Å². The number of nitrogens with one attached hydrogen (secondary N) is 1. The van der Waals surface area contributed by atoms with Crippen molar-refractivity contribution in [2.75, 3.05) is 10.8 Å². The first kappa shape index (κ1) is 22.4. The van der Waals surface area contributed by atoms with Crippen molar-refractivity contribution in [2.24, 2.45) is 16.5 Å². The molecule has 5 rings (SSSR count). The van der Waals surface area contributed by atoms with Gasteiger partial charge in [0.05, 0.1) is 22.3 Å². The van der Waals surface area contributed by atoms with Crippen LogP contribution in [0.4, 0.5) is 11.5 Å². The Kier molecular flexibility index (Phi) is 5.37. The minimum absolute atomic E-state index is 0.136. The Bertz CT molecular complexity index is 1370. The van der Waals surface area contributed by atoms with Crippen LogP contribution >= 0.6 is 0 Å². The topological polar surface area (TPSA) is 134 Å². The fourth-order valence-electron chi connectivity index (χ4n) is 5.31. The summed E-state index contributed by atoms with van der Waals surface area (Å²) in [4.78, 5) is 6.68. The van der Waals surface area contributed by atoms with Crippen molar-refractivity contribution in [1.82, 2.24) is 15.1 Å². The summed E-state index contributed by atoms with van der Waals surface area (Å²) in [6.07, 6.45) is 2.26. The van der Waals surface area contributed by atoms with E-state index in [1.165, 1.54) is 0 Å². The van der Waals surface area contributed by atoms with Crippen LogP contribution < -0.4 is 15.8 Å². The van der Waals surface area contributed by atoms with Crippen LogP contribution in [0.2, 0.25) is 0 Å². The number of aliphatic imine (C=N–C) groups is 1. The van der Waals surface area contributed by atoms with Crippen molar-refractivity contribution < 1.29 is 8.42 Å². The lowest BCUT2D eigenvalue weighted by Crippen LogP contribution is -2.52. The maximum atomic E-state index is 14.0. The summed E-state index contributed by atoms with van der Waals surface area (Å²) in [6.45, 7) is 5.98. The van der Waals surface area contributed by atoms with Crippen LogP contribution in [0.3, 0.4) is 0 Å². The predicted octanol–water partition coefficient (Wildman–Crippen LogP) is 2.76. The lowest BCUT2D eigenvalue weighted by atomic mass is 10.0. The number of nitrogens with zero attached hydrogens (tertiary/aromatic N) is 4. The second-order valence-electron chi connectivity index (χ2n) is 9.08. The number of hydrogen-bond donors (Lipinski definition) is 3. The smallest absolute Gasteiger partial charge is 0.264 e. The molecule has 2 unspecified atom stereocenters. The fourth-order valence-corrected chi connectivity index (χ4v) is 7.25. The van der Waals surface area contributed by atoms with Gasteiger partial charge in [0.2, 0.25) is 0 Å². The number of aryl methyl sites for hydroxylation is 3. The lowest BCUT2D eigenvalue weighted by Gasteiger charge is -2.38. The van der Waals surface area contributed by atoms with Gasteiger partial charge in [0, 0.05) is 12.6 Å². The van der Waals surface area contributed by atoms with Gasteiger partial charge < -0.3 is 16.4 Å². The molecule has 0 radical (unpaired) electrons. The number of anilines is 1. The molecule has 2 atom stereocenters. The van der Waals surface area contributed by atoms with Gasteiger partial charge in [-0.25, -0.2) is 8.42 Å². The molecule has 3 heterocycles. The Morgan fingerprint density at radius 2 is 1.82 bits per heavy atom. The molecule has 10 heteroatoms. The molecule has 0 aliphatic carbocycles. The molecular weight excluding hydrogens is 450 g/mol. The minimum atomic E-state index is -3.79. The maximum absolute atomic E-state index is 14.0. The maximum Gasteiger partial charge on any atom is 0.264 e. The molecule has 1 aromatic heterocycles. The number of H-pyrrole nitrogens is 1. The van der Waals surface area contributed by atoms with Crippen LogP contribution in [0.1, 0.15) is 40.4 Å². The SMILES string of the molecule is Cc1cc(C)c(S(=O)(=O)N2CCC(N3C(N)=Nc4[nH]ncc4C3N)Cc3ccccc32)c(C)c1. The molecule has 2 aliphatic heterocycles. The Morgan fingerprint density at radius 1 is 1.12 bits per heavy atom. The van der Waals surface area contributed by atoms with Crippen LogP contribution in [0.15, 0.2) is 52.5 Å². The highest BCUT2D eigenvalue weighted by Gasteiger charge is 2.38. The van der Waals surface area contributed by atoms with E-state index in [9.17, 15) is 8.42 Å². The summed E-state index contributed by atoms with van der Waals surface area (Å²) in [5, 5.41) is 6.86. The van der Waals surface area contributed by atoms with Crippen LogP contribution in [-0.2, 0) is 16.4 Å². The Labute approximate surface area is 199 Å². The van der Waals surface area contributed by atoms with Gasteiger partial charge in [-0.05, 0) is 56.4 Å². The molecule has 2 aromatic carbocycles. The molecule has 0 fully saturated rings.